The standard InChI is InChI=1S/C26H28F3NO5/c1-3-32-24(25(31)33-4-2)16-18-6-9-20(10-7-18)34-14-5-15-35-23-12-13-30-22-17-19(26(27,28)29)8-11-21(22)23/h6-13,17,24H,3-5,14-16H2,1-2H3. The van der Waals surface area contributed by atoms with E-state index in [0.717, 1.165) is 17.7 Å². The van der Waals surface area contributed by atoms with Gasteiger partial charge in [0.1, 0.15) is 11.5 Å². The van der Waals surface area contributed by atoms with Crippen LogP contribution >= 0.6 is 0 Å². The molecule has 1 aromatic heterocycles. The monoisotopic (exact) mass is 491 g/mol. The van der Waals surface area contributed by atoms with Gasteiger partial charge in [0.15, 0.2) is 6.10 Å². The summed E-state index contributed by atoms with van der Waals surface area (Å²) in [6.45, 7) is 5.02. The molecule has 35 heavy (non-hydrogen) atoms. The van der Waals surface area contributed by atoms with Crippen LogP contribution in [-0.2, 0) is 26.9 Å². The van der Waals surface area contributed by atoms with Gasteiger partial charge in [-0.15, -0.1) is 0 Å². The number of ether oxygens (including phenoxy) is 4. The van der Waals surface area contributed by atoms with Gasteiger partial charge in [-0.05, 0) is 55.8 Å². The first-order chi connectivity index (χ1) is 16.8. The van der Waals surface area contributed by atoms with E-state index >= 15 is 0 Å². The van der Waals surface area contributed by atoms with E-state index < -0.39 is 17.8 Å². The average Bonchev–Trinajstić information content (AvgIpc) is 2.84. The molecule has 1 unspecified atom stereocenters. The number of nitrogens with zero attached hydrogens (tertiary/aromatic N) is 1. The Bertz CT molecular complexity index is 1100. The lowest BCUT2D eigenvalue weighted by atomic mass is 10.1. The molecule has 3 rings (SSSR count). The zero-order valence-electron chi connectivity index (χ0n) is 19.6. The van der Waals surface area contributed by atoms with Gasteiger partial charge >= 0.3 is 12.1 Å². The minimum atomic E-state index is -4.42. The molecule has 0 bridgehead atoms. The summed E-state index contributed by atoms with van der Waals surface area (Å²) in [5, 5.41) is 0.519. The topological polar surface area (TPSA) is 66.9 Å². The molecule has 0 aliphatic carbocycles. The van der Waals surface area contributed by atoms with Crippen molar-refractivity contribution in [3.63, 3.8) is 0 Å². The predicted molar refractivity (Wildman–Crippen MR) is 125 cm³/mol. The summed E-state index contributed by atoms with van der Waals surface area (Å²) < 4.78 is 60.8. The number of carbonyl (C=O) groups excluding carboxylic acids is 1. The minimum Gasteiger partial charge on any atom is -0.493 e. The first-order valence-corrected chi connectivity index (χ1v) is 11.4. The van der Waals surface area contributed by atoms with Gasteiger partial charge in [-0.3, -0.25) is 4.98 Å². The largest absolute Gasteiger partial charge is 0.493 e. The third-order valence-corrected chi connectivity index (χ3v) is 5.11. The van der Waals surface area contributed by atoms with E-state index in [0.29, 0.717) is 56.2 Å². The van der Waals surface area contributed by atoms with Crippen molar-refractivity contribution in [1.82, 2.24) is 4.98 Å². The van der Waals surface area contributed by atoms with Crippen LogP contribution in [0.2, 0.25) is 0 Å². The summed E-state index contributed by atoms with van der Waals surface area (Å²) in [7, 11) is 0. The second-order valence-corrected chi connectivity index (χ2v) is 7.63. The fourth-order valence-electron chi connectivity index (χ4n) is 3.44. The maximum absolute atomic E-state index is 12.9. The normalized spacial score (nSPS) is 12.4. The Kier molecular flexibility index (Phi) is 9.31. The number of pyridine rings is 1. The fraction of sp³-hybridized carbons (Fsp3) is 0.385. The van der Waals surface area contributed by atoms with Crippen LogP contribution < -0.4 is 9.47 Å². The second kappa shape index (κ2) is 12.4. The van der Waals surface area contributed by atoms with Crippen molar-refractivity contribution < 1.29 is 36.9 Å². The molecular formula is C26H28F3NO5. The van der Waals surface area contributed by atoms with E-state index in [9.17, 15) is 18.0 Å². The molecule has 1 heterocycles. The van der Waals surface area contributed by atoms with E-state index in [1.54, 1.807) is 13.0 Å². The van der Waals surface area contributed by atoms with Gasteiger partial charge in [-0.25, -0.2) is 4.79 Å². The lowest BCUT2D eigenvalue weighted by molar-refractivity contribution is -0.156. The van der Waals surface area contributed by atoms with Crippen LogP contribution in [-0.4, -0.2) is 43.5 Å². The lowest BCUT2D eigenvalue weighted by Gasteiger charge is -2.16. The van der Waals surface area contributed by atoms with Gasteiger partial charge in [0.05, 0.1) is 30.9 Å². The van der Waals surface area contributed by atoms with E-state index in [2.05, 4.69) is 4.98 Å². The van der Waals surface area contributed by atoms with Gasteiger partial charge in [0.2, 0.25) is 0 Å². The van der Waals surface area contributed by atoms with Crippen LogP contribution in [0.15, 0.2) is 54.7 Å². The number of aromatic nitrogens is 1. The molecule has 0 aliphatic rings. The summed E-state index contributed by atoms with van der Waals surface area (Å²) in [5.74, 6) is 0.767. The molecule has 2 aromatic carbocycles. The summed E-state index contributed by atoms with van der Waals surface area (Å²) >= 11 is 0. The van der Waals surface area contributed by atoms with Crippen LogP contribution in [0.4, 0.5) is 13.2 Å². The SMILES string of the molecule is CCOC(=O)C(Cc1ccc(OCCCOc2ccnc3cc(C(F)(F)F)ccc23)cc1)OCC. The third kappa shape index (κ3) is 7.58. The van der Waals surface area contributed by atoms with Gasteiger partial charge in [-0.2, -0.15) is 13.2 Å². The van der Waals surface area contributed by atoms with Crippen LogP contribution in [0.3, 0.4) is 0 Å². The van der Waals surface area contributed by atoms with Crippen LogP contribution in [0, 0.1) is 0 Å². The van der Waals surface area contributed by atoms with Crippen molar-refractivity contribution in [2.75, 3.05) is 26.4 Å². The number of benzene rings is 2. The molecule has 1 atom stereocenters. The number of hydrogen-bond donors (Lipinski definition) is 0. The Morgan fingerprint density at radius 3 is 2.40 bits per heavy atom. The summed E-state index contributed by atoms with van der Waals surface area (Å²) in [5.41, 5.74) is 0.400. The van der Waals surface area contributed by atoms with Crippen molar-refractivity contribution in [3.05, 3.63) is 65.9 Å². The molecule has 0 fully saturated rings. The number of alkyl halides is 3. The van der Waals surface area contributed by atoms with Gasteiger partial charge in [-0.1, -0.05) is 12.1 Å². The maximum Gasteiger partial charge on any atom is 0.416 e. The molecule has 188 valence electrons. The Labute approximate surface area is 202 Å². The molecule has 3 aromatic rings. The number of rotatable bonds is 12. The van der Waals surface area contributed by atoms with Gasteiger partial charge in [0.25, 0.3) is 0 Å². The Hall–Kier alpha value is -3.33. The third-order valence-electron chi connectivity index (χ3n) is 5.11. The Balaban J connectivity index is 1.47. The number of carbonyl (C=O) groups is 1. The molecule has 0 radical (unpaired) electrons. The van der Waals surface area contributed by atoms with Crippen molar-refractivity contribution in [2.45, 2.75) is 39.0 Å². The van der Waals surface area contributed by atoms with Crippen LogP contribution in [0.5, 0.6) is 11.5 Å². The first-order valence-electron chi connectivity index (χ1n) is 11.4. The molecular weight excluding hydrogens is 463 g/mol. The summed E-state index contributed by atoms with van der Waals surface area (Å²) in [6, 6.07) is 12.4. The number of halogens is 3. The zero-order chi connectivity index (χ0) is 25.3. The highest BCUT2D eigenvalue weighted by Gasteiger charge is 2.30. The highest BCUT2D eigenvalue weighted by atomic mass is 19.4. The van der Waals surface area contributed by atoms with E-state index in [1.165, 1.54) is 12.3 Å². The van der Waals surface area contributed by atoms with Crippen molar-refractivity contribution in [2.24, 2.45) is 0 Å². The Morgan fingerprint density at radius 1 is 0.971 bits per heavy atom. The molecule has 0 spiro atoms. The highest BCUT2D eigenvalue weighted by Crippen LogP contribution is 2.33. The lowest BCUT2D eigenvalue weighted by Crippen LogP contribution is -2.28. The smallest absolute Gasteiger partial charge is 0.416 e. The first kappa shape index (κ1) is 26.3. The van der Waals surface area contributed by atoms with Gasteiger partial charge < -0.3 is 18.9 Å². The van der Waals surface area contributed by atoms with E-state index in [1.807, 2.05) is 31.2 Å². The second-order valence-electron chi connectivity index (χ2n) is 7.63. The summed E-state index contributed by atoms with van der Waals surface area (Å²) in [4.78, 5) is 16.0. The molecule has 0 saturated heterocycles. The minimum absolute atomic E-state index is 0.225. The van der Waals surface area contributed by atoms with Crippen molar-refractivity contribution in [1.29, 1.82) is 0 Å². The van der Waals surface area contributed by atoms with E-state index in [4.69, 9.17) is 18.9 Å². The quantitative estimate of drug-likeness (QED) is 0.242. The predicted octanol–water partition coefficient (Wildman–Crippen LogP) is 5.61. The van der Waals surface area contributed by atoms with Crippen LogP contribution in [0.1, 0.15) is 31.4 Å². The molecule has 9 heteroatoms. The van der Waals surface area contributed by atoms with Crippen molar-refractivity contribution >= 4 is 16.9 Å². The van der Waals surface area contributed by atoms with Crippen LogP contribution in [0.25, 0.3) is 10.9 Å². The number of fused-ring (bicyclic) bond motifs is 1. The fourth-order valence-corrected chi connectivity index (χ4v) is 3.44. The molecule has 0 saturated carbocycles. The average molecular weight is 492 g/mol. The maximum atomic E-state index is 12.9. The van der Waals surface area contributed by atoms with E-state index in [-0.39, 0.29) is 11.5 Å². The molecule has 0 amide bonds. The van der Waals surface area contributed by atoms with Crippen molar-refractivity contribution in [3.8, 4) is 11.5 Å². The molecule has 0 aliphatic heterocycles. The number of hydrogen-bond acceptors (Lipinski definition) is 6. The zero-order valence-corrected chi connectivity index (χ0v) is 19.6. The highest BCUT2D eigenvalue weighted by molar-refractivity contribution is 5.85. The molecule has 6 nitrogen and oxygen atoms in total. The molecule has 0 N–H and O–H groups in total. The Morgan fingerprint density at radius 2 is 1.71 bits per heavy atom. The van der Waals surface area contributed by atoms with Gasteiger partial charge in [0, 0.05) is 31.0 Å². The number of esters is 1. The summed E-state index contributed by atoms with van der Waals surface area (Å²) in [6.07, 6.45) is -2.66.